The van der Waals surface area contributed by atoms with Gasteiger partial charge in [0.05, 0.1) is 19.3 Å². The number of ether oxygens (including phenoxy) is 2. The molecular weight excluding hydrogens is 206 g/mol. The van der Waals surface area contributed by atoms with Gasteiger partial charge in [-0.05, 0) is 25.7 Å². The molecule has 96 valence electrons. The van der Waals surface area contributed by atoms with E-state index in [-0.39, 0.29) is 0 Å². The van der Waals surface area contributed by atoms with Gasteiger partial charge >= 0.3 is 0 Å². The highest BCUT2D eigenvalue weighted by Crippen LogP contribution is 2.35. The molecule has 0 heterocycles. The number of methoxy groups -OCH3 is 2. The Hall–Kier alpha value is -0.160. The number of nitrogens with zero attached hydrogens (tertiary/aromatic N) is 1. The van der Waals surface area contributed by atoms with E-state index in [1.165, 1.54) is 12.8 Å². The summed E-state index contributed by atoms with van der Waals surface area (Å²) in [5.41, 5.74) is 0. The van der Waals surface area contributed by atoms with Crippen LogP contribution in [0.2, 0.25) is 0 Å². The second-order valence-corrected chi connectivity index (χ2v) is 4.67. The van der Waals surface area contributed by atoms with Crippen LogP contribution >= 0.6 is 0 Å². The summed E-state index contributed by atoms with van der Waals surface area (Å²) >= 11 is 0. The molecule has 0 bridgehead atoms. The van der Waals surface area contributed by atoms with Crippen molar-refractivity contribution in [2.75, 3.05) is 40.5 Å². The molecular formula is C12H25NO3. The molecule has 0 aromatic heterocycles. The van der Waals surface area contributed by atoms with Crippen LogP contribution in [0.1, 0.15) is 19.8 Å². The van der Waals surface area contributed by atoms with Gasteiger partial charge in [-0.25, -0.2) is 0 Å². The molecule has 1 aliphatic carbocycles. The van der Waals surface area contributed by atoms with Gasteiger partial charge in [-0.15, -0.1) is 0 Å². The second kappa shape index (κ2) is 7.22. The summed E-state index contributed by atoms with van der Waals surface area (Å²) in [5.74, 6) is 0.812. The maximum Gasteiger partial charge on any atom is 0.0900 e. The monoisotopic (exact) mass is 231 g/mol. The van der Waals surface area contributed by atoms with Gasteiger partial charge in [-0.2, -0.15) is 0 Å². The highest BCUT2D eigenvalue weighted by Gasteiger charge is 2.32. The normalized spacial score (nSPS) is 20.1. The van der Waals surface area contributed by atoms with E-state index in [0.29, 0.717) is 19.2 Å². The first-order valence-corrected chi connectivity index (χ1v) is 6.09. The van der Waals surface area contributed by atoms with E-state index in [9.17, 15) is 5.11 Å². The molecule has 0 aliphatic heterocycles. The lowest BCUT2D eigenvalue weighted by Crippen LogP contribution is -2.43. The van der Waals surface area contributed by atoms with Crippen molar-refractivity contribution in [3.8, 4) is 0 Å². The molecule has 0 radical (unpaired) electrons. The van der Waals surface area contributed by atoms with Crippen molar-refractivity contribution in [1.29, 1.82) is 0 Å². The molecule has 1 rings (SSSR count). The molecule has 0 saturated heterocycles. The average Bonchev–Trinajstić information content (AvgIpc) is 3.07. The number of aliphatic hydroxyl groups excluding tert-OH is 1. The van der Waals surface area contributed by atoms with Crippen molar-refractivity contribution < 1.29 is 14.6 Å². The number of rotatable bonds is 9. The van der Waals surface area contributed by atoms with Gasteiger partial charge in [0.15, 0.2) is 0 Å². The molecule has 2 atom stereocenters. The van der Waals surface area contributed by atoms with Crippen molar-refractivity contribution in [3.05, 3.63) is 0 Å². The fourth-order valence-corrected chi connectivity index (χ4v) is 2.06. The summed E-state index contributed by atoms with van der Waals surface area (Å²) in [6.07, 6.45) is 2.25. The lowest BCUT2D eigenvalue weighted by Gasteiger charge is -2.30. The topological polar surface area (TPSA) is 41.9 Å². The zero-order chi connectivity index (χ0) is 12.0. The lowest BCUT2D eigenvalue weighted by atomic mass is 10.1. The number of hydrogen-bond acceptors (Lipinski definition) is 4. The molecule has 0 aromatic carbocycles. The van der Waals surface area contributed by atoms with Gasteiger partial charge in [0.25, 0.3) is 0 Å². The molecule has 1 N–H and O–H groups in total. The van der Waals surface area contributed by atoms with E-state index in [1.807, 2.05) is 0 Å². The fraction of sp³-hybridized carbons (Fsp3) is 1.00. The highest BCUT2D eigenvalue weighted by atomic mass is 16.5. The van der Waals surface area contributed by atoms with E-state index in [2.05, 4.69) is 11.8 Å². The van der Waals surface area contributed by atoms with E-state index < -0.39 is 6.10 Å². The Morgan fingerprint density at radius 1 is 1.31 bits per heavy atom. The molecule has 1 saturated carbocycles. The van der Waals surface area contributed by atoms with Crippen LogP contribution in [0, 0.1) is 5.92 Å². The number of hydrogen-bond donors (Lipinski definition) is 1. The highest BCUT2D eigenvalue weighted by molar-refractivity contribution is 4.86. The SMILES string of the molecule is COCCN(CC(O)COC)C(C)C1CC1. The molecule has 0 aromatic rings. The molecule has 2 unspecified atom stereocenters. The quantitative estimate of drug-likeness (QED) is 0.635. The Morgan fingerprint density at radius 2 is 2.00 bits per heavy atom. The van der Waals surface area contributed by atoms with Gasteiger partial charge in [0, 0.05) is 33.4 Å². The standard InChI is InChI=1S/C12H25NO3/c1-10(11-4-5-11)13(6-7-15-2)8-12(14)9-16-3/h10-12,14H,4-9H2,1-3H3. The van der Waals surface area contributed by atoms with Crippen LogP contribution in [0.5, 0.6) is 0 Å². The predicted octanol–water partition coefficient (Wildman–Crippen LogP) is 0.741. The summed E-state index contributed by atoms with van der Waals surface area (Å²) in [6, 6.07) is 0.543. The van der Waals surface area contributed by atoms with Crippen LogP contribution < -0.4 is 0 Å². The Morgan fingerprint density at radius 3 is 2.50 bits per heavy atom. The first-order valence-electron chi connectivity index (χ1n) is 6.09. The van der Waals surface area contributed by atoms with Crippen molar-refractivity contribution in [2.24, 2.45) is 5.92 Å². The van der Waals surface area contributed by atoms with Crippen molar-refractivity contribution >= 4 is 0 Å². The molecule has 0 amide bonds. The zero-order valence-corrected chi connectivity index (χ0v) is 10.7. The maximum absolute atomic E-state index is 9.76. The van der Waals surface area contributed by atoms with E-state index in [4.69, 9.17) is 9.47 Å². The van der Waals surface area contributed by atoms with E-state index >= 15 is 0 Å². The van der Waals surface area contributed by atoms with Gasteiger partial charge in [-0.1, -0.05) is 0 Å². The van der Waals surface area contributed by atoms with Crippen molar-refractivity contribution in [2.45, 2.75) is 31.9 Å². The molecule has 16 heavy (non-hydrogen) atoms. The van der Waals surface area contributed by atoms with E-state index in [0.717, 1.165) is 19.1 Å². The molecule has 4 heteroatoms. The van der Waals surface area contributed by atoms with Gasteiger partial charge < -0.3 is 14.6 Å². The van der Waals surface area contributed by atoms with Crippen LogP contribution in [0.3, 0.4) is 0 Å². The van der Waals surface area contributed by atoms with Crippen LogP contribution in [0.15, 0.2) is 0 Å². The summed E-state index contributed by atoms with van der Waals surface area (Å²) in [4.78, 5) is 2.31. The Labute approximate surface area is 98.5 Å². The maximum atomic E-state index is 9.76. The Bertz CT molecular complexity index is 185. The Kier molecular flexibility index (Phi) is 6.28. The minimum Gasteiger partial charge on any atom is -0.389 e. The van der Waals surface area contributed by atoms with Crippen LogP contribution in [-0.4, -0.2) is 62.7 Å². The first kappa shape index (κ1) is 13.9. The predicted molar refractivity (Wildman–Crippen MR) is 63.5 cm³/mol. The lowest BCUT2D eigenvalue weighted by molar-refractivity contribution is 0.0179. The molecule has 0 spiro atoms. The molecule has 1 aliphatic rings. The number of aliphatic hydroxyl groups is 1. The molecule has 4 nitrogen and oxygen atoms in total. The van der Waals surface area contributed by atoms with Gasteiger partial charge in [0.2, 0.25) is 0 Å². The minimum absolute atomic E-state index is 0.400. The zero-order valence-electron chi connectivity index (χ0n) is 10.7. The third kappa shape index (κ3) is 4.78. The second-order valence-electron chi connectivity index (χ2n) is 4.67. The fourth-order valence-electron chi connectivity index (χ4n) is 2.06. The average molecular weight is 231 g/mol. The summed E-state index contributed by atoms with van der Waals surface area (Å²) in [5, 5.41) is 9.76. The van der Waals surface area contributed by atoms with E-state index in [1.54, 1.807) is 14.2 Å². The summed E-state index contributed by atoms with van der Waals surface area (Å²) in [6.45, 7) is 4.92. The molecule has 1 fully saturated rings. The summed E-state index contributed by atoms with van der Waals surface area (Å²) in [7, 11) is 3.33. The van der Waals surface area contributed by atoms with Crippen molar-refractivity contribution in [3.63, 3.8) is 0 Å². The smallest absolute Gasteiger partial charge is 0.0900 e. The largest absolute Gasteiger partial charge is 0.389 e. The third-order valence-corrected chi connectivity index (χ3v) is 3.27. The van der Waals surface area contributed by atoms with Crippen LogP contribution in [0.4, 0.5) is 0 Å². The Balaban J connectivity index is 2.35. The van der Waals surface area contributed by atoms with Crippen molar-refractivity contribution in [1.82, 2.24) is 4.90 Å². The van der Waals surface area contributed by atoms with Gasteiger partial charge in [0.1, 0.15) is 0 Å². The third-order valence-electron chi connectivity index (χ3n) is 3.27. The van der Waals surface area contributed by atoms with Crippen LogP contribution in [0.25, 0.3) is 0 Å². The summed E-state index contributed by atoms with van der Waals surface area (Å²) < 4.78 is 10.1. The van der Waals surface area contributed by atoms with Gasteiger partial charge in [-0.3, -0.25) is 4.90 Å². The minimum atomic E-state index is -0.400. The van der Waals surface area contributed by atoms with Crippen LogP contribution in [-0.2, 0) is 9.47 Å². The first-order chi connectivity index (χ1) is 7.69.